The Morgan fingerprint density at radius 1 is 1.25 bits per heavy atom. The lowest BCUT2D eigenvalue weighted by Gasteiger charge is -2.08. The quantitative estimate of drug-likeness (QED) is 0.599. The first-order valence-corrected chi connectivity index (χ1v) is 9.09. The van der Waals surface area contributed by atoms with Crippen molar-refractivity contribution < 1.29 is 0 Å². The van der Waals surface area contributed by atoms with E-state index >= 15 is 0 Å². The maximum Gasteiger partial charge on any atom is 0.196 e. The van der Waals surface area contributed by atoms with E-state index in [-0.39, 0.29) is 0 Å². The van der Waals surface area contributed by atoms with E-state index in [1.54, 1.807) is 18.1 Å². The zero-order chi connectivity index (χ0) is 16.9. The number of aryl methyl sites for hydroxylation is 2. The summed E-state index contributed by atoms with van der Waals surface area (Å²) in [6.07, 6.45) is 3.85. The van der Waals surface area contributed by atoms with Crippen molar-refractivity contribution in [3.05, 3.63) is 40.9 Å². The van der Waals surface area contributed by atoms with Crippen LogP contribution in [0.15, 0.2) is 29.7 Å². The number of rotatable bonds is 7. The zero-order valence-electron chi connectivity index (χ0n) is 13.6. The first-order chi connectivity index (χ1) is 11.7. The average Bonchev–Trinajstić information content (AvgIpc) is 3.22. The number of unbranched alkanes of at least 4 members (excludes halogenated alkanes) is 1. The van der Waals surface area contributed by atoms with Gasteiger partial charge in [-0.15, -0.1) is 15.3 Å². The second-order valence-corrected chi connectivity index (χ2v) is 6.73. The molecule has 7 nitrogen and oxygen atoms in total. The molecule has 2 heterocycles. The fraction of sp³-hybridized carbons (Fsp3) is 0.400. The molecule has 0 aliphatic carbocycles. The van der Waals surface area contributed by atoms with Crippen molar-refractivity contribution in [3.8, 4) is 5.69 Å². The van der Waals surface area contributed by atoms with Crippen LogP contribution >= 0.6 is 23.4 Å². The number of thioether (sulfide) groups is 1. The molecule has 0 bridgehead atoms. The highest BCUT2D eigenvalue weighted by atomic mass is 35.5. The maximum absolute atomic E-state index is 6.22. The Labute approximate surface area is 149 Å². The topological polar surface area (TPSA) is 74.3 Å². The van der Waals surface area contributed by atoms with Gasteiger partial charge in [0.25, 0.3) is 0 Å². The van der Waals surface area contributed by atoms with Gasteiger partial charge in [0.05, 0.1) is 11.4 Å². The van der Waals surface area contributed by atoms with Gasteiger partial charge in [0.1, 0.15) is 6.33 Å². The third kappa shape index (κ3) is 3.76. The number of hydrogen-bond donors (Lipinski definition) is 0. The van der Waals surface area contributed by atoms with E-state index in [0.29, 0.717) is 5.75 Å². The molecule has 0 aliphatic rings. The van der Waals surface area contributed by atoms with E-state index < -0.39 is 0 Å². The SMILES string of the molecule is CCCCn1nnnc1CSc1nncn1-c1ccc(C)c(Cl)c1. The highest BCUT2D eigenvalue weighted by Crippen LogP contribution is 2.25. The van der Waals surface area contributed by atoms with Crippen molar-refractivity contribution in [2.45, 2.75) is 44.1 Å². The number of nitrogens with zero attached hydrogens (tertiary/aromatic N) is 7. The fourth-order valence-corrected chi connectivity index (χ4v) is 3.21. The van der Waals surface area contributed by atoms with E-state index in [1.807, 2.05) is 34.4 Å². The van der Waals surface area contributed by atoms with Gasteiger partial charge in [0.15, 0.2) is 11.0 Å². The lowest BCUT2D eigenvalue weighted by Crippen LogP contribution is -2.05. The molecular weight excluding hydrogens is 346 g/mol. The van der Waals surface area contributed by atoms with Crippen molar-refractivity contribution >= 4 is 23.4 Å². The summed E-state index contributed by atoms with van der Waals surface area (Å²) in [5.41, 5.74) is 1.97. The number of halogens is 1. The minimum Gasteiger partial charge on any atom is -0.277 e. The van der Waals surface area contributed by atoms with Crippen LogP contribution in [0.4, 0.5) is 0 Å². The van der Waals surface area contributed by atoms with Crippen molar-refractivity contribution in [2.75, 3.05) is 0 Å². The summed E-state index contributed by atoms with van der Waals surface area (Å²) in [4.78, 5) is 0. The predicted molar refractivity (Wildman–Crippen MR) is 93.4 cm³/mol. The summed E-state index contributed by atoms with van der Waals surface area (Å²) >= 11 is 7.77. The number of hydrogen-bond acceptors (Lipinski definition) is 6. The largest absolute Gasteiger partial charge is 0.277 e. The van der Waals surface area contributed by atoms with E-state index in [4.69, 9.17) is 11.6 Å². The van der Waals surface area contributed by atoms with Gasteiger partial charge in [-0.3, -0.25) is 4.57 Å². The Morgan fingerprint density at radius 3 is 2.92 bits per heavy atom. The molecule has 0 atom stereocenters. The Kier molecular flexibility index (Phi) is 5.47. The first-order valence-electron chi connectivity index (χ1n) is 7.73. The van der Waals surface area contributed by atoms with Crippen LogP contribution in [-0.2, 0) is 12.3 Å². The molecular formula is C15H18ClN7S. The summed E-state index contributed by atoms with van der Waals surface area (Å²) in [7, 11) is 0. The monoisotopic (exact) mass is 363 g/mol. The molecule has 1 aromatic carbocycles. The van der Waals surface area contributed by atoms with Crippen molar-refractivity contribution in [1.29, 1.82) is 0 Å². The van der Waals surface area contributed by atoms with Crippen molar-refractivity contribution in [1.82, 2.24) is 35.0 Å². The van der Waals surface area contributed by atoms with Gasteiger partial charge >= 0.3 is 0 Å². The molecule has 9 heteroatoms. The molecule has 0 unspecified atom stereocenters. The summed E-state index contributed by atoms with van der Waals surface area (Å²) in [5, 5.41) is 21.6. The molecule has 0 radical (unpaired) electrons. The van der Waals surface area contributed by atoms with E-state index in [0.717, 1.165) is 46.6 Å². The van der Waals surface area contributed by atoms with Crippen LogP contribution in [0.25, 0.3) is 5.69 Å². The van der Waals surface area contributed by atoms with Crippen LogP contribution in [0.1, 0.15) is 31.2 Å². The molecule has 2 aromatic heterocycles. The Hall–Kier alpha value is -1.93. The van der Waals surface area contributed by atoms with Crippen LogP contribution < -0.4 is 0 Å². The molecule has 0 saturated carbocycles. The lowest BCUT2D eigenvalue weighted by atomic mass is 10.2. The summed E-state index contributed by atoms with van der Waals surface area (Å²) in [6.45, 7) is 4.96. The van der Waals surface area contributed by atoms with E-state index in [2.05, 4.69) is 32.6 Å². The van der Waals surface area contributed by atoms with Gasteiger partial charge in [0, 0.05) is 11.6 Å². The van der Waals surface area contributed by atoms with Crippen molar-refractivity contribution in [2.24, 2.45) is 0 Å². The fourth-order valence-electron chi connectivity index (χ4n) is 2.17. The molecule has 0 spiro atoms. The minimum absolute atomic E-state index is 0.634. The highest BCUT2D eigenvalue weighted by Gasteiger charge is 2.12. The Bertz CT molecular complexity index is 814. The number of tetrazole rings is 1. The zero-order valence-corrected chi connectivity index (χ0v) is 15.1. The van der Waals surface area contributed by atoms with Crippen LogP contribution in [0, 0.1) is 6.92 Å². The minimum atomic E-state index is 0.634. The molecule has 0 saturated heterocycles. The van der Waals surface area contributed by atoms with Gasteiger partial charge in [-0.05, 0) is 41.5 Å². The number of benzene rings is 1. The average molecular weight is 364 g/mol. The lowest BCUT2D eigenvalue weighted by molar-refractivity contribution is 0.540. The highest BCUT2D eigenvalue weighted by molar-refractivity contribution is 7.98. The Morgan fingerprint density at radius 2 is 2.12 bits per heavy atom. The van der Waals surface area contributed by atoms with Crippen LogP contribution in [0.3, 0.4) is 0 Å². The first kappa shape index (κ1) is 16.9. The second kappa shape index (κ2) is 7.76. The smallest absolute Gasteiger partial charge is 0.196 e. The standard InChI is InChI=1S/C15H18ClN7S/c1-3-4-7-23-14(18-20-21-23)9-24-15-19-17-10-22(15)12-6-5-11(2)13(16)8-12/h5-6,8,10H,3-4,7,9H2,1-2H3. The molecule has 0 aliphatic heterocycles. The molecule has 0 fully saturated rings. The van der Waals surface area contributed by atoms with Gasteiger partial charge < -0.3 is 0 Å². The van der Waals surface area contributed by atoms with Gasteiger partial charge in [-0.2, -0.15) is 0 Å². The summed E-state index contributed by atoms with van der Waals surface area (Å²) in [6, 6.07) is 5.90. The van der Waals surface area contributed by atoms with Crippen LogP contribution in [-0.4, -0.2) is 35.0 Å². The third-order valence-electron chi connectivity index (χ3n) is 3.61. The van der Waals surface area contributed by atoms with Crippen LogP contribution in [0.2, 0.25) is 5.02 Å². The van der Waals surface area contributed by atoms with Gasteiger partial charge in [0.2, 0.25) is 0 Å². The molecule has 0 N–H and O–H groups in total. The normalized spacial score (nSPS) is 11.1. The molecule has 126 valence electrons. The van der Waals surface area contributed by atoms with Crippen molar-refractivity contribution in [3.63, 3.8) is 0 Å². The Balaban J connectivity index is 1.74. The third-order valence-corrected chi connectivity index (χ3v) is 4.96. The van der Waals surface area contributed by atoms with Gasteiger partial charge in [-0.25, -0.2) is 4.68 Å². The van der Waals surface area contributed by atoms with E-state index in [9.17, 15) is 0 Å². The summed E-state index contributed by atoms with van der Waals surface area (Å²) < 4.78 is 3.76. The van der Waals surface area contributed by atoms with Gasteiger partial charge in [-0.1, -0.05) is 42.8 Å². The molecule has 0 amide bonds. The van der Waals surface area contributed by atoms with Crippen LogP contribution in [0.5, 0.6) is 0 Å². The molecule has 3 rings (SSSR count). The van der Waals surface area contributed by atoms with E-state index in [1.165, 1.54) is 0 Å². The number of aromatic nitrogens is 7. The summed E-state index contributed by atoms with van der Waals surface area (Å²) in [5.74, 6) is 1.47. The second-order valence-electron chi connectivity index (χ2n) is 5.38. The molecule has 24 heavy (non-hydrogen) atoms. The predicted octanol–water partition coefficient (Wildman–Crippen LogP) is 3.31. The maximum atomic E-state index is 6.22. The molecule has 3 aromatic rings.